The number of nitrogens with zero attached hydrogens (tertiary/aromatic N) is 1. The lowest BCUT2D eigenvalue weighted by Crippen LogP contribution is -2.08. The normalized spacial score (nSPS) is 11.8. The third-order valence-corrected chi connectivity index (χ3v) is 3.75. The molecular weight excluding hydrogens is 291 g/mol. The van der Waals surface area contributed by atoms with Crippen LogP contribution in [0.4, 0.5) is 5.69 Å². The van der Waals surface area contributed by atoms with E-state index in [-0.39, 0.29) is 6.04 Å². The highest BCUT2D eigenvalue weighted by atomic mass is 35.5. The van der Waals surface area contributed by atoms with Gasteiger partial charge in [0.25, 0.3) is 0 Å². The second-order valence-electron chi connectivity index (χ2n) is 4.64. The summed E-state index contributed by atoms with van der Waals surface area (Å²) in [6.45, 7) is 3.92. The van der Waals surface area contributed by atoms with Gasteiger partial charge < -0.3 is 5.32 Å². The average molecular weight is 305 g/mol. The zero-order chi connectivity index (χ0) is 14.7. The van der Waals surface area contributed by atoms with Crippen LogP contribution >= 0.6 is 23.2 Å². The van der Waals surface area contributed by atoms with E-state index in [1.165, 1.54) is 0 Å². The third kappa shape index (κ3) is 3.07. The number of anilines is 1. The monoisotopic (exact) mass is 304 g/mol. The number of rotatable bonds is 3. The molecule has 102 valence electrons. The van der Waals surface area contributed by atoms with E-state index >= 15 is 0 Å². The second-order valence-corrected chi connectivity index (χ2v) is 5.48. The molecule has 2 nitrogen and oxygen atoms in total. The van der Waals surface area contributed by atoms with Crippen LogP contribution in [0.25, 0.3) is 0 Å². The third-order valence-electron chi connectivity index (χ3n) is 3.19. The Morgan fingerprint density at radius 1 is 1.20 bits per heavy atom. The highest BCUT2D eigenvalue weighted by Gasteiger charge is 2.12. The van der Waals surface area contributed by atoms with E-state index in [2.05, 4.69) is 11.4 Å². The SMILES string of the molecule is Cc1cccc(NC(C)c2ccc(Cl)cc2Cl)c1C#N. The molecule has 20 heavy (non-hydrogen) atoms. The number of nitriles is 1. The van der Waals surface area contributed by atoms with Gasteiger partial charge in [0.05, 0.1) is 17.3 Å². The van der Waals surface area contributed by atoms with Crippen LogP contribution in [0.15, 0.2) is 36.4 Å². The highest BCUT2D eigenvalue weighted by molar-refractivity contribution is 6.35. The number of hydrogen-bond donors (Lipinski definition) is 1. The van der Waals surface area contributed by atoms with Crippen molar-refractivity contribution in [2.24, 2.45) is 0 Å². The van der Waals surface area contributed by atoms with Gasteiger partial charge in [-0.25, -0.2) is 0 Å². The van der Waals surface area contributed by atoms with Gasteiger partial charge in [-0.05, 0) is 43.2 Å². The van der Waals surface area contributed by atoms with E-state index in [4.69, 9.17) is 23.2 Å². The smallest absolute Gasteiger partial charge is 0.102 e. The van der Waals surface area contributed by atoms with Gasteiger partial charge in [-0.3, -0.25) is 0 Å². The summed E-state index contributed by atoms with van der Waals surface area (Å²) in [4.78, 5) is 0. The molecule has 0 aliphatic heterocycles. The van der Waals surface area contributed by atoms with Crippen LogP contribution in [0.3, 0.4) is 0 Å². The number of hydrogen-bond acceptors (Lipinski definition) is 2. The molecular formula is C16H14Cl2N2. The van der Waals surface area contributed by atoms with Gasteiger partial charge in [0.1, 0.15) is 6.07 Å². The predicted molar refractivity (Wildman–Crippen MR) is 84.4 cm³/mol. The molecule has 0 bridgehead atoms. The van der Waals surface area contributed by atoms with Crippen molar-refractivity contribution in [3.05, 3.63) is 63.1 Å². The Balaban J connectivity index is 2.31. The molecule has 0 aliphatic carbocycles. The minimum Gasteiger partial charge on any atom is -0.377 e. The number of aryl methyl sites for hydroxylation is 1. The molecule has 4 heteroatoms. The molecule has 0 aliphatic rings. The van der Waals surface area contributed by atoms with Crippen molar-refractivity contribution in [1.82, 2.24) is 0 Å². The van der Waals surface area contributed by atoms with Gasteiger partial charge in [-0.15, -0.1) is 0 Å². The molecule has 0 saturated heterocycles. The molecule has 0 spiro atoms. The Labute approximate surface area is 128 Å². The summed E-state index contributed by atoms with van der Waals surface area (Å²) in [5.74, 6) is 0. The molecule has 0 amide bonds. The van der Waals surface area contributed by atoms with Crippen LogP contribution in [-0.4, -0.2) is 0 Å². The van der Waals surface area contributed by atoms with E-state index in [0.717, 1.165) is 16.8 Å². The Hall–Kier alpha value is -1.69. The topological polar surface area (TPSA) is 35.8 Å². The lowest BCUT2D eigenvalue weighted by Gasteiger charge is -2.18. The minimum absolute atomic E-state index is 0.0198. The Bertz CT molecular complexity index is 675. The quantitative estimate of drug-likeness (QED) is 0.830. The maximum Gasteiger partial charge on any atom is 0.102 e. The van der Waals surface area contributed by atoms with Crippen molar-refractivity contribution in [2.45, 2.75) is 19.9 Å². The zero-order valence-electron chi connectivity index (χ0n) is 11.2. The Kier molecular flexibility index (Phi) is 4.54. The summed E-state index contributed by atoms with van der Waals surface area (Å²) in [5, 5.41) is 13.8. The summed E-state index contributed by atoms with van der Waals surface area (Å²) in [6.07, 6.45) is 0. The summed E-state index contributed by atoms with van der Waals surface area (Å²) in [7, 11) is 0. The van der Waals surface area contributed by atoms with Crippen molar-refractivity contribution < 1.29 is 0 Å². The fourth-order valence-corrected chi connectivity index (χ4v) is 2.67. The van der Waals surface area contributed by atoms with Crippen molar-refractivity contribution in [2.75, 3.05) is 5.32 Å². The summed E-state index contributed by atoms with van der Waals surface area (Å²) >= 11 is 12.1. The predicted octanol–water partition coefficient (Wildman–Crippen LogP) is 5.35. The van der Waals surface area contributed by atoms with Crippen LogP contribution in [0.5, 0.6) is 0 Å². The molecule has 2 rings (SSSR count). The first-order valence-electron chi connectivity index (χ1n) is 6.24. The van der Waals surface area contributed by atoms with Crippen molar-refractivity contribution in [3.63, 3.8) is 0 Å². The summed E-state index contributed by atoms with van der Waals surface area (Å²) in [6, 6.07) is 13.4. The van der Waals surface area contributed by atoms with E-state index < -0.39 is 0 Å². The molecule has 0 saturated carbocycles. The molecule has 1 unspecified atom stereocenters. The summed E-state index contributed by atoms with van der Waals surface area (Å²) in [5.41, 5.74) is 3.36. The molecule has 2 aromatic rings. The van der Waals surface area contributed by atoms with Gasteiger partial charge >= 0.3 is 0 Å². The average Bonchev–Trinajstić information content (AvgIpc) is 2.38. The van der Waals surface area contributed by atoms with Crippen LogP contribution in [0.2, 0.25) is 10.0 Å². The van der Waals surface area contributed by atoms with Gasteiger partial charge in [-0.2, -0.15) is 5.26 Å². The first-order chi connectivity index (χ1) is 9.52. The lowest BCUT2D eigenvalue weighted by atomic mass is 10.0. The second kappa shape index (κ2) is 6.17. The van der Waals surface area contributed by atoms with Gasteiger partial charge in [0.2, 0.25) is 0 Å². The van der Waals surface area contributed by atoms with Gasteiger partial charge in [0, 0.05) is 10.0 Å². The molecule has 1 N–H and O–H groups in total. The van der Waals surface area contributed by atoms with E-state index in [9.17, 15) is 5.26 Å². The molecule has 1 atom stereocenters. The zero-order valence-corrected chi connectivity index (χ0v) is 12.8. The molecule has 2 aromatic carbocycles. The number of benzene rings is 2. The van der Waals surface area contributed by atoms with Crippen molar-refractivity contribution in [3.8, 4) is 6.07 Å². The van der Waals surface area contributed by atoms with Gasteiger partial charge in [-0.1, -0.05) is 41.4 Å². The maximum atomic E-state index is 9.24. The van der Waals surface area contributed by atoms with Crippen molar-refractivity contribution >= 4 is 28.9 Å². The molecule has 0 radical (unpaired) electrons. The van der Waals surface area contributed by atoms with Crippen LogP contribution in [0, 0.1) is 18.3 Å². The minimum atomic E-state index is -0.0198. The maximum absolute atomic E-state index is 9.24. The van der Waals surface area contributed by atoms with Gasteiger partial charge in [0.15, 0.2) is 0 Å². The number of halogens is 2. The fourth-order valence-electron chi connectivity index (χ4n) is 2.10. The first kappa shape index (κ1) is 14.7. The van der Waals surface area contributed by atoms with E-state index in [1.54, 1.807) is 6.07 Å². The van der Waals surface area contributed by atoms with Crippen LogP contribution in [-0.2, 0) is 0 Å². The van der Waals surface area contributed by atoms with E-state index in [0.29, 0.717) is 15.6 Å². The standard InChI is InChI=1S/C16H14Cl2N2/c1-10-4-3-5-16(14(10)9-19)20-11(2)13-7-6-12(17)8-15(13)18/h3-8,11,20H,1-2H3. The van der Waals surface area contributed by atoms with E-state index in [1.807, 2.05) is 44.2 Å². The Morgan fingerprint density at radius 3 is 2.60 bits per heavy atom. The molecule has 0 aromatic heterocycles. The molecule has 0 heterocycles. The first-order valence-corrected chi connectivity index (χ1v) is 6.99. The lowest BCUT2D eigenvalue weighted by molar-refractivity contribution is 0.884. The Morgan fingerprint density at radius 2 is 1.95 bits per heavy atom. The van der Waals surface area contributed by atoms with Crippen molar-refractivity contribution in [1.29, 1.82) is 5.26 Å². The number of nitrogens with one attached hydrogen (secondary N) is 1. The molecule has 0 fully saturated rings. The van der Waals surface area contributed by atoms with Crippen LogP contribution in [0.1, 0.15) is 29.7 Å². The largest absolute Gasteiger partial charge is 0.377 e. The van der Waals surface area contributed by atoms with Crippen LogP contribution < -0.4 is 5.32 Å². The highest BCUT2D eigenvalue weighted by Crippen LogP contribution is 2.29. The fraction of sp³-hybridized carbons (Fsp3) is 0.188. The summed E-state index contributed by atoms with van der Waals surface area (Å²) < 4.78 is 0.